The third-order valence-electron chi connectivity index (χ3n) is 5.10. The Morgan fingerprint density at radius 2 is 1.85 bits per heavy atom. The number of rotatable bonds is 4. The highest BCUT2D eigenvalue weighted by Crippen LogP contribution is 2.32. The van der Waals surface area contributed by atoms with Crippen LogP contribution in [-0.4, -0.2) is 54.5 Å². The summed E-state index contributed by atoms with van der Waals surface area (Å²) in [5.74, 6) is -0.808. The number of anilines is 1. The van der Waals surface area contributed by atoms with Crippen LogP contribution < -0.4 is 4.90 Å². The molecule has 0 bridgehead atoms. The van der Waals surface area contributed by atoms with Crippen LogP contribution in [0, 0.1) is 10.1 Å². The van der Waals surface area contributed by atoms with Crippen molar-refractivity contribution in [1.29, 1.82) is 0 Å². The highest BCUT2D eigenvalue weighted by molar-refractivity contribution is 5.98. The Balaban J connectivity index is 1.90. The lowest BCUT2D eigenvalue weighted by molar-refractivity contribution is -0.384. The van der Waals surface area contributed by atoms with Crippen molar-refractivity contribution < 1.29 is 19.2 Å². The second kappa shape index (κ2) is 7.72. The maximum atomic E-state index is 12.9. The Kier molecular flexibility index (Phi) is 5.39. The molecule has 2 heterocycles. The fraction of sp³-hybridized carbons (Fsp3) is 0.556. The molecular weight excluding hydrogens is 338 g/mol. The van der Waals surface area contributed by atoms with Crippen molar-refractivity contribution in [2.24, 2.45) is 0 Å². The Morgan fingerprint density at radius 1 is 1.15 bits per heavy atom. The van der Waals surface area contributed by atoms with Crippen LogP contribution in [0.15, 0.2) is 18.2 Å². The zero-order valence-corrected chi connectivity index (χ0v) is 14.8. The van der Waals surface area contributed by atoms with Gasteiger partial charge in [0.25, 0.3) is 11.6 Å². The molecule has 0 radical (unpaired) electrons. The van der Waals surface area contributed by atoms with E-state index in [0.717, 1.165) is 38.8 Å². The van der Waals surface area contributed by atoms with Crippen LogP contribution in [0.4, 0.5) is 11.4 Å². The average molecular weight is 361 g/mol. The molecular formula is C18H23N3O5. The fourth-order valence-electron chi connectivity index (χ4n) is 3.75. The lowest BCUT2D eigenvalue weighted by Crippen LogP contribution is -2.48. The number of ether oxygens (including phenoxy) is 1. The van der Waals surface area contributed by atoms with E-state index in [4.69, 9.17) is 4.74 Å². The van der Waals surface area contributed by atoms with Gasteiger partial charge in [-0.3, -0.25) is 14.9 Å². The number of nitro benzene ring substituents is 1. The van der Waals surface area contributed by atoms with E-state index in [0.29, 0.717) is 18.7 Å². The maximum Gasteiger partial charge on any atom is 0.328 e. The van der Waals surface area contributed by atoms with Gasteiger partial charge in [-0.1, -0.05) is 0 Å². The quantitative estimate of drug-likeness (QED) is 0.464. The zero-order valence-electron chi connectivity index (χ0n) is 14.8. The number of hydrogen-bond donors (Lipinski definition) is 0. The minimum Gasteiger partial charge on any atom is -0.467 e. The topological polar surface area (TPSA) is 93.0 Å². The van der Waals surface area contributed by atoms with Crippen LogP contribution in [0.3, 0.4) is 0 Å². The van der Waals surface area contributed by atoms with Crippen molar-refractivity contribution in [3.63, 3.8) is 0 Å². The molecule has 1 unspecified atom stereocenters. The summed E-state index contributed by atoms with van der Waals surface area (Å²) in [6.45, 7) is 2.01. The summed E-state index contributed by atoms with van der Waals surface area (Å²) in [6, 6.07) is 3.97. The molecule has 2 saturated heterocycles. The highest BCUT2D eigenvalue weighted by atomic mass is 16.6. The van der Waals surface area contributed by atoms with Crippen molar-refractivity contribution in [2.75, 3.05) is 31.6 Å². The Bertz CT molecular complexity index is 715. The minimum atomic E-state index is -0.626. The number of nitrogens with zero attached hydrogens (tertiary/aromatic N) is 3. The van der Waals surface area contributed by atoms with E-state index in [2.05, 4.69) is 0 Å². The molecule has 0 spiro atoms. The molecule has 8 nitrogen and oxygen atoms in total. The van der Waals surface area contributed by atoms with E-state index in [-0.39, 0.29) is 17.2 Å². The predicted molar refractivity (Wildman–Crippen MR) is 95.2 cm³/mol. The second-order valence-electron chi connectivity index (χ2n) is 6.69. The monoisotopic (exact) mass is 361 g/mol. The summed E-state index contributed by atoms with van der Waals surface area (Å²) in [5, 5.41) is 11.5. The molecule has 140 valence electrons. The molecule has 1 aromatic rings. The Morgan fingerprint density at radius 3 is 2.50 bits per heavy atom. The number of carbonyl (C=O) groups is 2. The zero-order chi connectivity index (χ0) is 18.7. The van der Waals surface area contributed by atoms with E-state index in [1.165, 1.54) is 18.1 Å². The summed E-state index contributed by atoms with van der Waals surface area (Å²) in [7, 11) is 1.30. The molecule has 2 aliphatic rings. The number of carbonyl (C=O) groups excluding carboxylic acids is 2. The van der Waals surface area contributed by atoms with Gasteiger partial charge in [0, 0.05) is 31.3 Å². The number of nitro groups is 1. The van der Waals surface area contributed by atoms with Crippen LogP contribution >= 0.6 is 0 Å². The van der Waals surface area contributed by atoms with Crippen molar-refractivity contribution in [3.05, 3.63) is 33.9 Å². The van der Waals surface area contributed by atoms with Crippen LogP contribution in [0.5, 0.6) is 0 Å². The standard InChI is InChI=1S/C18H23N3O5/c1-26-18(23)15-6-2-3-11-20(15)17(22)13-7-8-14(16(12-13)21(24)25)19-9-4-5-10-19/h7-8,12,15H,2-6,9-11H2,1H3. The minimum absolute atomic E-state index is 0.0654. The first-order valence-electron chi connectivity index (χ1n) is 8.95. The smallest absolute Gasteiger partial charge is 0.328 e. The lowest BCUT2D eigenvalue weighted by Gasteiger charge is -2.33. The van der Waals surface area contributed by atoms with Gasteiger partial charge in [-0.2, -0.15) is 0 Å². The fourth-order valence-corrected chi connectivity index (χ4v) is 3.75. The van der Waals surface area contributed by atoms with Crippen LogP contribution in [-0.2, 0) is 9.53 Å². The van der Waals surface area contributed by atoms with Crippen molar-refractivity contribution >= 4 is 23.3 Å². The number of likely N-dealkylation sites (tertiary alicyclic amines) is 1. The van der Waals surface area contributed by atoms with Gasteiger partial charge in [-0.25, -0.2) is 4.79 Å². The van der Waals surface area contributed by atoms with Crippen LogP contribution in [0.2, 0.25) is 0 Å². The normalized spacial score (nSPS) is 20.1. The summed E-state index contributed by atoms with van der Waals surface area (Å²) >= 11 is 0. The largest absolute Gasteiger partial charge is 0.467 e. The van der Waals surface area contributed by atoms with Crippen LogP contribution in [0.1, 0.15) is 42.5 Å². The summed E-state index contributed by atoms with van der Waals surface area (Å²) in [5.41, 5.74) is 0.715. The Labute approximate surface area is 151 Å². The number of methoxy groups -OCH3 is 1. The molecule has 8 heteroatoms. The first-order chi connectivity index (χ1) is 12.5. The predicted octanol–water partition coefficient (Wildman–Crippen LogP) is 2.36. The molecule has 1 amide bonds. The average Bonchev–Trinajstić information content (AvgIpc) is 3.21. The third kappa shape index (κ3) is 3.49. The first kappa shape index (κ1) is 18.2. The molecule has 0 aliphatic carbocycles. The molecule has 2 fully saturated rings. The Hall–Kier alpha value is -2.64. The highest BCUT2D eigenvalue weighted by Gasteiger charge is 2.34. The van der Waals surface area contributed by atoms with E-state index in [1.54, 1.807) is 12.1 Å². The third-order valence-corrected chi connectivity index (χ3v) is 5.10. The van der Waals surface area contributed by atoms with Gasteiger partial charge in [0.15, 0.2) is 0 Å². The number of esters is 1. The van der Waals surface area contributed by atoms with Gasteiger partial charge >= 0.3 is 5.97 Å². The first-order valence-corrected chi connectivity index (χ1v) is 8.95. The van der Waals surface area contributed by atoms with Gasteiger partial charge in [0.05, 0.1) is 12.0 Å². The van der Waals surface area contributed by atoms with Gasteiger partial charge < -0.3 is 14.5 Å². The van der Waals surface area contributed by atoms with Gasteiger partial charge in [0.2, 0.25) is 0 Å². The van der Waals surface area contributed by atoms with Gasteiger partial charge in [-0.05, 0) is 44.2 Å². The molecule has 0 saturated carbocycles. The van der Waals surface area contributed by atoms with Gasteiger partial charge in [0.1, 0.15) is 11.7 Å². The molecule has 3 rings (SSSR count). The molecule has 2 aliphatic heterocycles. The second-order valence-corrected chi connectivity index (χ2v) is 6.69. The van der Waals surface area contributed by atoms with Crippen molar-refractivity contribution in [2.45, 2.75) is 38.1 Å². The van der Waals surface area contributed by atoms with E-state index in [1.807, 2.05) is 4.90 Å². The van der Waals surface area contributed by atoms with Gasteiger partial charge in [-0.15, -0.1) is 0 Å². The number of benzene rings is 1. The lowest BCUT2D eigenvalue weighted by atomic mass is 10.0. The molecule has 0 aromatic heterocycles. The van der Waals surface area contributed by atoms with Crippen LogP contribution in [0.25, 0.3) is 0 Å². The number of hydrogen-bond acceptors (Lipinski definition) is 6. The van der Waals surface area contributed by atoms with E-state index < -0.39 is 16.9 Å². The molecule has 26 heavy (non-hydrogen) atoms. The maximum absolute atomic E-state index is 12.9. The number of amides is 1. The van der Waals surface area contributed by atoms with E-state index in [9.17, 15) is 19.7 Å². The number of piperidine rings is 1. The van der Waals surface area contributed by atoms with Crippen molar-refractivity contribution in [3.8, 4) is 0 Å². The van der Waals surface area contributed by atoms with E-state index >= 15 is 0 Å². The summed E-state index contributed by atoms with van der Waals surface area (Å²) in [6.07, 6.45) is 4.20. The van der Waals surface area contributed by atoms with Crippen molar-refractivity contribution in [1.82, 2.24) is 4.90 Å². The SMILES string of the molecule is COC(=O)C1CCCCN1C(=O)c1ccc(N2CCCC2)c([N+](=O)[O-])c1. The summed E-state index contributed by atoms with van der Waals surface area (Å²) in [4.78, 5) is 39.4. The molecule has 1 aromatic carbocycles. The molecule has 1 atom stereocenters. The molecule has 0 N–H and O–H groups in total. The summed E-state index contributed by atoms with van der Waals surface area (Å²) < 4.78 is 4.81.